The van der Waals surface area contributed by atoms with Crippen molar-refractivity contribution in [3.05, 3.63) is 35.9 Å². The van der Waals surface area contributed by atoms with Crippen LogP contribution in [0.5, 0.6) is 0 Å². The minimum Gasteiger partial charge on any atom is -0.480 e. The van der Waals surface area contributed by atoms with Crippen molar-refractivity contribution < 1.29 is 9.90 Å². The molecule has 0 fully saturated rings. The van der Waals surface area contributed by atoms with Gasteiger partial charge in [0.15, 0.2) is 4.87 Å². The third-order valence-electron chi connectivity index (χ3n) is 2.30. The number of carbonyl (C=O) groups is 1. The van der Waals surface area contributed by atoms with Gasteiger partial charge in [-0.3, -0.25) is 0 Å². The lowest BCUT2D eigenvalue weighted by Gasteiger charge is -2.26. The lowest BCUT2D eigenvalue weighted by atomic mass is 9.87. The zero-order valence-corrected chi connectivity index (χ0v) is 8.95. The van der Waals surface area contributed by atoms with Gasteiger partial charge >= 0.3 is 5.97 Å². The summed E-state index contributed by atoms with van der Waals surface area (Å²) < 4.78 is 0. The van der Waals surface area contributed by atoms with Gasteiger partial charge in [-0.05, 0) is 11.5 Å². The molecule has 14 heavy (non-hydrogen) atoms. The van der Waals surface area contributed by atoms with Crippen molar-refractivity contribution in [3.63, 3.8) is 0 Å². The van der Waals surface area contributed by atoms with E-state index in [0.29, 0.717) is 5.56 Å². The topological polar surface area (TPSA) is 37.3 Å². The Hall–Kier alpha value is -1.02. The highest BCUT2D eigenvalue weighted by molar-refractivity contribution is 6.33. The number of hydrogen-bond acceptors (Lipinski definition) is 1. The van der Waals surface area contributed by atoms with Crippen LogP contribution in [0.15, 0.2) is 30.3 Å². The molecule has 0 saturated carbocycles. The van der Waals surface area contributed by atoms with Gasteiger partial charge in [-0.15, -0.1) is 11.6 Å². The third kappa shape index (κ3) is 1.75. The maximum absolute atomic E-state index is 11.1. The van der Waals surface area contributed by atoms with Crippen molar-refractivity contribution in [2.75, 3.05) is 0 Å². The van der Waals surface area contributed by atoms with E-state index in [0.717, 1.165) is 0 Å². The van der Waals surface area contributed by atoms with Gasteiger partial charge in [0.05, 0.1) is 0 Å². The zero-order chi connectivity index (χ0) is 10.8. The van der Waals surface area contributed by atoms with Gasteiger partial charge in [-0.1, -0.05) is 44.2 Å². The maximum atomic E-state index is 11.1. The van der Waals surface area contributed by atoms with Crippen LogP contribution in [0, 0.1) is 5.92 Å². The number of alkyl halides is 1. The van der Waals surface area contributed by atoms with Crippen LogP contribution in [-0.4, -0.2) is 11.1 Å². The van der Waals surface area contributed by atoms with Crippen molar-refractivity contribution >= 4 is 17.6 Å². The molecule has 3 heteroatoms. The molecule has 76 valence electrons. The molecule has 1 aromatic carbocycles. The molecule has 0 aliphatic carbocycles. The molecule has 1 atom stereocenters. The number of rotatable bonds is 3. The fraction of sp³-hybridized carbons (Fsp3) is 0.364. The molecule has 0 aliphatic rings. The first kappa shape index (κ1) is 11.1. The molecule has 2 nitrogen and oxygen atoms in total. The van der Waals surface area contributed by atoms with Crippen LogP contribution in [0.2, 0.25) is 0 Å². The Morgan fingerprint density at radius 3 is 2.21 bits per heavy atom. The summed E-state index contributed by atoms with van der Waals surface area (Å²) in [4.78, 5) is 9.81. The van der Waals surface area contributed by atoms with E-state index in [9.17, 15) is 4.79 Å². The average molecular weight is 213 g/mol. The summed E-state index contributed by atoms with van der Waals surface area (Å²) in [5.74, 6) is -1.16. The summed E-state index contributed by atoms with van der Waals surface area (Å²) in [7, 11) is 0. The van der Waals surface area contributed by atoms with Gasteiger partial charge in [0.25, 0.3) is 0 Å². The SMILES string of the molecule is CC(C)[C@@](Cl)(C(=O)O)c1ccccc1. The molecule has 0 unspecified atom stereocenters. The quantitative estimate of drug-likeness (QED) is 0.783. The number of hydrogen-bond donors (Lipinski definition) is 1. The highest BCUT2D eigenvalue weighted by Crippen LogP contribution is 2.36. The van der Waals surface area contributed by atoms with Crippen molar-refractivity contribution in [1.29, 1.82) is 0 Å². The minimum absolute atomic E-state index is 0.163. The fourth-order valence-corrected chi connectivity index (χ4v) is 1.51. The van der Waals surface area contributed by atoms with Gasteiger partial charge in [0, 0.05) is 0 Å². The third-order valence-corrected chi connectivity index (χ3v) is 3.12. The van der Waals surface area contributed by atoms with Gasteiger partial charge in [-0.25, -0.2) is 4.79 Å². The van der Waals surface area contributed by atoms with E-state index >= 15 is 0 Å². The van der Waals surface area contributed by atoms with E-state index in [1.165, 1.54) is 0 Å². The standard InChI is InChI=1S/C11H13ClO2/c1-8(2)11(12,10(13)14)9-6-4-3-5-7-9/h3-8H,1-2H3,(H,13,14)/t11-/m0/s1. The molecule has 1 N–H and O–H groups in total. The van der Waals surface area contributed by atoms with E-state index in [-0.39, 0.29) is 5.92 Å². The predicted octanol–water partition coefficient (Wildman–Crippen LogP) is 2.86. The number of aliphatic carboxylic acids is 1. The summed E-state index contributed by atoms with van der Waals surface area (Å²) >= 11 is 6.13. The van der Waals surface area contributed by atoms with Crippen molar-refractivity contribution in [2.24, 2.45) is 5.92 Å². The molecule has 0 heterocycles. The summed E-state index contributed by atoms with van der Waals surface area (Å²) in [6.45, 7) is 3.60. The van der Waals surface area contributed by atoms with Crippen molar-refractivity contribution in [3.8, 4) is 0 Å². The second-order valence-corrected chi connectivity index (χ2v) is 4.13. The molecule has 0 bridgehead atoms. The Bertz CT molecular complexity index is 321. The van der Waals surface area contributed by atoms with Crippen LogP contribution >= 0.6 is 11.6 Å². The largest absolute Gasteiger partial charge is 0.480 e. The Kier molecular flexibility index (Phi) is 3.17. The van der Waals surface area contributed by atoms with Crippen LogP contribution in [0.1, 0.15) is 19.4 Å². The van der Waals surface area contributed by atoms with Crippen LogP contribution in [0.3, 0.4) is 0 Å². The molecule has 0 aromatic heterocycles. The zero-order valence-electron chi connectivity index (χ0n) is 8.20. The molecule has 1 aromatic rings. The summed E-state index contributed by atoms with van der Waals surface area (Å²) in [5, 5.41) is 9.12. The van der Waals surface area contributed by atoms with Gasteiger partial charge in [0.1, 0.15) is 0 Å². The van der Waals surface area contributed by atoms with E-state index in [2.05, 4.69) is 0 Å². The van der Waals surface area contributed by atoms with Crippen LogP contribution in [0.4, 0.5) is 0 Å². The van der Waals surface area contributed by atoms with Crippen molar-refractivity contribution in [2.45, 2.75) is 18.7 Å². The average Bonchev–Trinajstić information content (AvgIpc) is 2.17. The molecule has 1 rings (SSSR count). The molecular weight excluding hydrogens is 200 g/mol. The second-order valence-electron chi connectivity index (χ2n) is 3.54. The van der Waals surface area contributed by atoms with Gasteiger partial charge in [0.2, 0.25) is 0 Å². The van der Waals surface area contributed by atoms with E-state index in [1.807, 2.05) is 6.07 Å². The summed E-state index contributed by atoms with van der Waals surface area (Å²) in [6, 6.07) is 8.89. The monoisotopic (exact) mass is 212 g/mol. The van der Waals surface area contributed by atoms with E-state index in [1.54, 1.807) is 38.1 Å². The normalized spacial score (nSPS) is 15.1. The second kappa shape index (κ2) is 4.01. The van der Waals surface area contributed by atoms with Gasteiger partial charge in [-0.2, -0.15) is 0 Å². The molecule has 0 aliphatic heterocycles. The van der Waals surface area contributed by atoms with E-state index < -0.39 is 10.8 Å². The van der Waals surface area contributed by atoms with Crippen LogP contribution in [-0.2, 0) is 9.67 Å². The lowest BCUT2D eigenvalue weighted by Crippen LogP contribution is -2.35. The Morgan fingerprint density at radius 1 is 1.36 bits per heavy atom. The van der Waals surface area contributed by atoms with Gasteiger partial charge < -0.3 is 5.11 Å². The first-order valence-electron chi connectivity index (χ1n) is 4.47. The number of halogens is 1. The Labute approximate surface area is 88.5 Å². The Balaban J connectivity index is 3.20. The molecular formula is C11H13ClO2. The summed E-state index contributed by atoms with van der Waals surface area (Å²) in [5.41, 5.74) is 0.629. The maximum Gasteiger partial charge on any atom is 0.329 e. The first-order chi connectivity index (χ1) is 6.49. The molecule has 0 spiro atoms. The minimum atomic E-state index is -1.32. The van der Waals surface area contributed by atoms with Crippen LogP contribution < -0.4 is 0 Å². The van der Waals surface area contributed by atoms with Crippen LogP contribution in [0.25, 0.3) is 0 Å². The lowest BCUT2D eigenvalue weighted by molar-refractivity contribution is -0.141. The smallest absolute Gasteiger partial charge is 0.329 e. The number of carboxylic acid groups (broad SMARTS) is 1. The highest BCUT2D eigenvalue weighted by atomic mass is 35.5. The molecule has 0 amide bonds. The summed E-state index contributed by atoms with van der Waals surface area (Å²) in [6.07, 6.45) is 0. The Morgan fingerprint density at radius 2 is 1.86 bits per heavy atom. The fourth-order valence-electron chi connectivity index (χ4n) is 1.38. The molecule has 0 saturated heterocycles. The molecule has 0 radical (unpaired) electrons. The predicted molar refractivity (Wildman–Crippen MR) is 56.4 cm³/mol. The van der Waals surface area contributed by atoms with E-state index in [4.69, 9.17) is 16.7 Å². The number of carboxylic acids is 1. The first-order valence-corrected chi connectivity index (χ1v) is 4.85. The number of benzene rings is 1. The van der Waals surface area contributed by atoms with Crippen molar-refractivity contribution in [1.82, 2.24) is 0 Å². The highest BCUT2D eigenvalue weighted by Gasteiger charge is 2.41.